The SMILES string of the molecule is CCN1CCCCC1CNC(=NC)NCc1ccc(C)cc1OC.I. The summed E-state index contributed by atoms with van der Waals surface area (Å²) in [7, 11) is 3.54. The Balaban J connectivity index is 0.00000312. The van der Waals surface area contributed by atoms with Gasteiger partial charge >= 0.3 is 0 Å². The molecule has 0 aliphatic carbocycles. The Morgan fingerprint density at radius 3 is 2.80 bits per heavy atom. The summed E-state index contributed by atoms with van der Waals surface area (Å²) in [4.78, 5) is 6.91. The number of aryl methyl sites for hydroxylation is 1. The van der Waals surface area contributed by atoms with Gasteiger partial charge in [0.15, 0.2) is 5.96 Å². The maximum absolute atomic E-state index is 5.47. The lowest BCUT2D eigenvalue weighted by atomic mass is 10.0. The number of piperidine rings is 1. The Kier molecular flexibility index (Phi) is 10.2. The predicted octanol–water partition coefficient (Wildman–Crippen LogP) is 3.16. The van der Waals surface area contributed by atoms with Crippen LogP contribution in [0.15, 0.2) is 23.2 Å². The molecule has 0 bridgehead atoms. The van der Waals surface area contributed by atoms with Crippen LogP contribution in [-0.2, 0) is 6.54 Å². The third-order valence-corrected chi connectivity index (χ3v) is 4.77. The van der Waals surface area contributed by atoms with Crippen molar-refractivity contribution >= 4 is 29.9 Å². The highest BCUT2D eigenvalue weighted by Crippen LogP contribution is 2.19. The van der Waals surface area contributed by atoms with E-state index in [1.165, 1.54) is 31.4 Å². The monoisotopic (exact) mass is 460 g/mol. The minimum absolute atomic E-state index is 0. The van der Waals surface area contributed by atoms with Crippen LogP contribution in [0.25, 0.3) is 0 Å². The van der Waals surface area contributed by atoms with Gasteiger partial charge in [0, 0.05) is 31.7 Å². The lowest BCUT2D eigenvalue weighted by molar-refractivity contribution is 0.157. The Morgan fingerprint density at radius 2 is 2.12 bits per heavy atom. The van der Waals surface area contributed by atoms with E-state index in [0.29, 0.717) is 12.6 Å². The Labute approximate surface area is 169 Å². The van der Waals surface area contributed by atoms with E-state index in [1.54, 1.807) is 7.11 Å². The third-order valence-electron chi connectivity index (χ3n) is 4.77. The minimum Gasteiger partial charge on any atom is -0.496 e. The molecule has 1 unspecified atom stereocenters. The first-order chi connectivity index (χ1) is 11.7. The van der Waals surface area contributed by atoms with Crippen LogP contribution in [0.3, 0.4) is 0 Å². The summed E-state index contributed by atoms with van der Waals surface area (Å²) in [5.74, 6) is 1.77. The van der Waals surface area contributed by atoms with Gasteiger partial charge in [0.2, 0.25) is 0 Å². The molecule has 1 aliphatic rings. The molecular weight excluding hydrogens is 427 g/mol. The average molecular weight is 460 g/mol. The number of hydrogen-bond donors (Lipinski definition) is 2. The maximum Gasteiger partial charge on any atom is 0.191 e. The number of guanidine groups is 1. The number of likely N-dealkylation sites (tertiary alicyclic amines) is 1. The number of ether oxygens (including phenoxy) is 1. The third kappa shape index (κ3) is 6.66. The number of halogens is 1. The second kappa shape index (κ2) is 11.6. The highest BCUT2D eigenvalue weighted by Gasteiger charge is 2.20. The fourth-order valence-corrected chi connectivity index (χ4v) is 3.32. The van der Waals surface area contributed by atoms with Gasteiger partial charge in [0.05, 0.1) is 7.11 Å². The fraction of sp³-hybridized carbons (Fsp3) is 0.632. The highest BCUT2D eigenvalue weighted by atomic mass is 127. The van der Waals surface area contributed by atoms with Gasteiger partial charge in [-0.25, -0.2) is 0 Å². The molecule has 0 saturated carbocycles. The van der Waals surface area contributed by atoms with Gasteiger partial charge in [-0.05, 0) is 44.5 Å². The lowest BCUT2D eigenvalue weighted by Crippen LogP contribution is -2.48. The largest absolute Gasteiger partial charge is 0.496 e. The number of likely N-dealkylation sites (N-methyl/N-ethyl adjacent to an activating group) is 1. The van der Waals surface area contributed by atoms with E-state index in [1.807, 2.05) is 7.05 Å². The van der Waals surface area contributed by atoms with Gasteiger partial charge in [-0.1, -0.05) is 25.5 Å². The molecule has 6 heteroatoms. The number of rotatable bonds is 6. The van der Waals surface area contributed by atoms with Crippen LogP contribution >= 0.6 is 24.0 Å². The lowest BCUT2D eigenvalue weighted by Gasteiger charge is -2.35. The standard InChI is InChI=1S/C19H32N4O.HI/c1-5-23-11-7-6-8-17(23)14-22-19(20-3)21-13-16-10-9-15(2)12-18(16)24-4;/h9-10,12,17H,5-8,11,13-14H2,1-4H3,(H2,20,21,22);1H. The van der Waals surface area contributed by atoms with Crippen molar-refractivity contribution in [3.05, 3.63) is 29.3 Å². The molecule has 25 heavy (non-hydrogen) atoms. The summed E-state index contributed by atoms with van der Waals surface area (Å²) in [5, 5.41) is 6.87. The predicted molar refractivity (Wildman–Crippen MR) is 116 cm³/mol. The first-order valence-electron chi connectivity index (χ1n) is 9.00. The summed E-state index contributed by atoms with van der Waals surface area (Å²) in [6, 6.07) is 6.89. The van der Waals surface area contributed by atoms with E-state index in [-0.39, 0.29) is 24.0 Å². The van der Waals surface area contributed by atoms with Gasteiger partial charge in [-0.15, -0.1) is 24.0 Å². The van der Waals surface area contributed by atoms with Crippen molar-refractivity contribution < 1.29 is 4.74 Å². The summed E-state index contributed by atoms with van der Waals surface area (Å²) in [6.45, 7) is 8.30. The molecule has 1 fully saturated rings. The van der Waals surface area contributed by atoms with E-state index in [0.717, 1.165) is 30.4 Å². The molecule has 1 aromatic carbocycles. The molecule has 0 spiro atoms. The second-order valence-electron chi connectivity index (χ2n) is 6.40. The quantitative estimate of drug-likeness (QED) is 0.389. The number of nitrogens with one attached hydrogen (secondary N) is 2. The van der Waals surface area contributed by atoms with E-state index in [2.05, 4.69) is 52.6 Å². The van der Waals surface area contributed by atoms with Gasteiger partial charge in [-0.3, -0.25) is 9.89 Å². The first kappa shape index (κ1) is 22.0. The molecule has 0 radical (unpaired) electrons. The van der Waals surface area contributed by atoms with Crippen LogP contribution in [0.5, 0.6) is 5.75 Å². The van der Waals surface area contributed by atoms with Crippen LogP contribution in [0.2, 0.25) is 0 Å². The van der Waals surface area contributed by atoms with Crippen molar-refractivity contribution in [1.29, 1.82) is 0 Å². The van der Waals surface area contributed by atoms with Crippen LogP contribution < -0.4 is 15.4 Å². The van der Waals surface area contributed by atoms with Crippen LogP contribution in [0, 0.1) is 6.92 Å². The molecule has 1 heterocycles. The van der Waals surface area contributed by atoms with Gasteiger partial charge < -0.3 is 15.4 Å². The molecule has 1 saturated heterocycles. The Morgan fingerprint density at radius 1 is 1.32 bits per heavy atom. The fourth-order valence-electron chi connectivity index (χ4n) is 3.32. The van der Waals surface area contributed by atoms with Crippen LogP contribution in [0.4, 0.5) is 0 Å². The van der Waals surface area contributed by atoms with Crippen LogP contribution in [-0.4, -0.2) is 50.7 Å². The molecule has 1 aromatic rings. The normalized spacial score (nSPS) is 18.4. The van der Waals surface area contributed by atoms with E-state index < -0.39 is 0 Å². The van der Waals surface area contributed by atoms with Gasteiger partial charge in [-0.2, -0.15) is 0 Å². The first-order valence-corrected chi connectivity index (χ1v) is 9.00. The van der Waals surface area contributed by atoms with E-state index in [9.17, 15) is 0 Å². The van der Waals surface area contributed by atoms with Gasteiger partial charge in [0.1, 0.15) is 5.75 Å². The molecular formula is C19H33IN4O. The van der Waals surface area contributed by atoms with Crippen molar-refractivity contribution in [3.63, 3.8) is 0 Å². The summed E-state index contributed by atoms with van der Waals surface area (Å²) < 4.78 is 5.47. The van der Waals surface area contributed by atoms with Gasteiger partial charge in [0.25, 0.3) is 0 Å². The average Bonchev–Trinajstić information content (AvgIpc) is 2.62. The molecule has 0 amide bonds. The minimum atomic E-state index is 0. The number of methoxy groups -OCH3 is 1. The molecule has 1 atom stereocenters. The Bertz CT molecular complexity index is 550. The zero-order valence-electron chi connectivity index (χ0n) is 16.0. The molecule has 142 valence electrons. The van der Waals surface area contributed by atoms with E-state index >= 15 is 0 Å². The Hall–Kier alpha value is -1.02. The molecule has 2 rings (SSSR count). The summed E-state index contributed by atoms with van der Waals surface area (Å²) >= 11 is 0. The smallest absolute Gasteiger partial charge is 0.191 e. The van der Waals surface area contributed by atoms with Crippen molar-refractivity contribution in [3.8, 4) is 5.75 Å². The highest BCUT2D eigenvalue weighted by molar-refractivity contribution is 14.0. The molecule has 0 aromatic heterocycles. The zero-order valence-corrected chi connectivity index (χ0v) is 18.3. The van der Waals surface area contributed by atoms with Crippen molar-refractivity contribution in [2.24, 2.45) is 4.99 Å². The zero-order chi connectivity index (χ0) is 17.4. The van der Waals surface area contributed by atoms with Crippen molar-refractivity contribution in [1.82, 2.24) is 15.5 Å². The number of nitrogens with zero attached hydrogens (tertiary/aromatic N) is 2. The molecule has 1 aliphatic heterocycles. The topological polar surface area (TPSA) is 48.9 Å². The number of hydrogen-bond acceptors (Lipinski definition) is 3. The summed E-state index contributed by atoms with van der Waals surface area (Å²) in [5.41, 5.74) is 2.34. The van der Waals surface area contributed by atoms with E-state index in [4.69, 9.17) is 4.74 Å². The molecule has 2 N–H and O–H groups in total. The number of benzene rings is 1. The molecule has 5 nitrogen and oxygen atoms in total. The van der Waals surface area contributed by atoms with Crippen LogP contribution in [0.1, 0.15) is 37.3 Å². The maximum atomic E-state index is 5.47. The van der Waals surface area contributed by atoms with Crippen molar-refractivity contribution in [2.45, 2.75) is 45.7 Å². The number of aliphatic imine (C=N–C) groups is 1. The van der Waals surface area contributed by atoms with Crippen molar-refractivity contribution in [2.75, 3.05) is 33.8 Å². The summed E-state index contributed by atoms with van der Waals surface area (Å²) in [6.07, 6.45) is 3.92. The second-order valence-corrected chi connectivity index (χ2v) is 6.40.